The highest BCUT2D eigenvalue weighted by molar-refractivity contribution is 5.65. The Labute approximate surface area is 74.6 Å². The van der Waals surface area contributed by atoms with Crippen LogP contribution in [0, 0.1) is 5.92 Å². The number of ether oxygens (including phenoxy) is 1. The van der Waals surface area contributed by atoms with E-state index in [1.54, 1.807) is 0 Å². The highest BCUT2D eigenvalue weighted by Gasteiger charge is 2.04. The summed E-state index contributed by atoms with van der Waals surface area (Å²) in [5.74, 6) is 0.118. The highest BCUT2D eigenvalue weighted by Crippen LogP contribution is 2.09. The van der Waals surface area contributed by atoms with E-state index < -0.39 is 0 Å². The zero-order valence-corrected chi connectivity index (χ0v) is 8.01. The average molecular weight is 170 g/mol. The number of carbonyl (C=O) groups is 1. The largest absolute Gasteiger partial charge is 0.465 e. The molecule has 0 heterocycles. The van der Waals surface area contributed by atoms with Gasteiger partial charge in [0.15, 0.2) is 0 Å². The van der Waals surface area contributed by atoms with Crippen LogP contribution in [-0.4, -0.2) is 12.6 Å². The molecule has 0 radical (unpaired) electrons. The first-order chi connectivity index (χ1) is 5.70. The predicted molar refractivity (Wildman–Crippen MR) is 49.8 cm³/mol. The van der Waals surface area contributed by atoms with Crippen molar-refractivity contribution in [2.45, 2.75) is 33.1 Å². The van der Waals surface area contributed by atoms with E-state index in [0.29, 0.717) is 12.5 Å². The van der Waals surface area contributed by atoms with Crippen LogP contribution in [0.4, 0.5) is 0 Å². The fraction of sp³-hybridized carbons (Fsp3) is 0.700. The Kier molecular flexibility index (Phi) is 6.44. The summed E-state index contributed by atoms with van der Waals surface area (Å²) in [6.45, 7) is 7.76. The number of rotatable bonds is 6. The Bertz CT molecular complexity index is 141. The van der Waals surface area contributed by atoms with Crippen molar-refractivity contribution in [2.75, 3.05) is 6.61 Å². The molecular weight excluding hydrogens is 152 g/mol. The van der Waals surface area contributed by atoms with Crippen LogP contribution in [0.15, 0.2) is 12.7 Å². The number of unbranched alkanes of at least 4 members (excludes halogenated alkanes) is 1. The SMILES string of the molecule is C=CC(CCCC)COC(C)=O. The van der Waals surface area contributed by atoms with Crippen molar-refractivity contribution in [2.24, 2.45) is 5.92 Å². The second-order valence-corrected chi connectivity index (χ2v) is 2.94. The molecule has 0 spiro atoms. The third-order valence-corrected chi connectivity index (χ3v) is 1.76. The maximum atomic E-state index is 10.5. The molecule has 0 saturated heterocycles. The monoisotopic (exact) mass is 170 g/mol. The summed E-state index contributed by atoms with van der Waals surface area (Å²) in [5.41, 5.74) is 0. The zero-order valence-electron chi connectivity index (χ0n) is 8.01. The van der Waals surface area contributed by atoms with Crippen molar-refractivity contribution in [3.63, 3.8) is 0 Å². The molecule has 12 heavy (non-hydrogen) atoms. The minimum atomic E-state index is -0.210. The van der Waals surface area contributed by atoms with E-state index in [9.17, 15) is 4.79 Å². The van der Waals surface area contributed by atoms with Gasteiger partial charge < -0.3 is 4.74 Å². The molecule has 0 aliphatic heterocycles. The molecule has 0 rings (SSSR count). The van der Waals surface area contributed by atoms with E-state index in [2.05, 4.69) is 13.5 Å². The molecule has 0 saturated carbocycles. The van der Waals surface area contributed by atoms with E-state index >= 15 is 0 Å². The van der Waals surface area contributed by atoms with E-state index in [1.807, 2.05) is 6.08 Å². The topological polar surface area (TPSA) is 26.3 Å². The molecule has 1 unspecified atom stereocenters. The Morgan fingerprint density at radius 1 is 1.67 bits per heavy atom. The van der Waals surface area contributed by atoms with Crippen LogP contribution in [0.2, 0.25) is 0 Å². The molecule has 0 aromatic heterocycles. The quantitative estimate of drug-likeness (QED) is 0.452. The third kappa shape index (κ3) is 5.96. The van der Waals surface area contributed by atoms with Crippen LogP contribution in [-0.2, 0) is 9.53 Å². The summed E-state index contributed by atoms with van der Waals surface area (Å²) in [7, 11) is 0. The third-order valence-electron chi connectivity index (χ3n) is 1.76. The maximum Gasteiger partial charge on any atom is 0.302 e. The summed E-state index contributed by atoms with van der Waals surface area (Å²) < 4.78 is 4.88. The van der Waals surface area contributed by atoms with Crippen LogP contribution in [0.3, 0.4) is 0 Å². The summed E-state index contributed by atoms with van der Waals surface area (Å²) >= 11 is 0. The lowest BCUT2D eigenvalue weighted by atomic mass is 10.0. The lowest BCUT2D eigenvalue weighted by Gasteiger charge is -2.10. The molecule has 0 bridgehead atoms. The average Bonchev–Trinajstić information content (AvgIpc) is 2.05. The Hall–Kier alpha value is -0.790. The number of hydrogen-bond donors (Lipinski definition) is 0. The van der Waals surface area contributed by atoms with Crippen molar-refractivity contribution in [3.8, 4) is 0 Å². The minimum absolute atomic E-state index is 0.210. The first kappa shape index (κ1) is 11.2. The molecule has 0 fully saturated rings. The lowest BCUT2D eigenvalue weighted by molar-refractivity contribution is -0.141. The number of carbonyl (C=O) groups excluding carboxylic acids is 1. The van der Waals surface area contributed by atoms with Crippen LogP contribution in [0.5, 0.6) is 0 Å². The summed E-state index contributed by atoms with van der Waals surface area (Å²) in [5, 5.41) is 0. The van der Waals surface area contributed by atoms with E-state index in [0.717, 1.165) is 12.8 Å². The molecule has 0 aromatic carbocycles. The smallest absolute Gasteiger partial charge is 0.302 e. The summed E-state index contributed by atoms with van der Waals surface area (Å²) in [4.78, 5) is 10.5. The Morgan fingerprint density at radius 3 is 2.75 bits per heavy atom. The van der Waals surface area contributed by atoms with Crippen molar-refractivity contribution in [1.82, 2.24) is 0 Å². The molecule has 0 aliphatic carbocycles. The van der Waals surface area contributed by atoms with Gasteiger partial charge in [-0.25, -0.2) is 0 Å². The molecule has 0 N–H and O–H groups in total. The van der Waals surface area contributed by atoms with Gasteiger partial charge in [0.05, 0.1) is 6.61 Å². The lowest BCUT2D eigenvalue weighted by Crippen LogP contribution is -2.09. The van der Waals surface area contributed by atoms with Crippen molar-refractivity contribution in [1.29, 1.82) is 0 Å². The molecule has 1 atom stereocenters. The van der Waals surface area contributed by atoms with Crippen LogP contribution in [0.1, 0.15) is 33.1 Å². The summed E-state index contributed by atoms with van der Waals surface area (Å²) in [6, 6.07) is 0. The van der Waals surface area contributed by atoms with Crippen LogP contribution in [0.25, 0.3) is 0 Å². The molecular formula is C10H18O2. The normalized spacial score (nSPS) is 12.2. The van der Waals surface area contributed by atoms with Gasteiger partial charge >= 0.3 is 5.97 Å². The molecule has 2 nitrogen and oxygen atoms in total. The first-order valence-corrected chi connectivity index (χ1v) is 4.46. The number of hydrogen-bond acceptors (Lipinski definition) is 2. The van der Waals surface area contributed by atoms with Gasteiger partial charge in [-0.2, -0.15) is 0 Å². The van der Waals surface area contributed by atoms with Crippen molar-refractivity contribution < 1.29 is 9.53 Å². The van der Waals surface area contributed by atoms with Crippen molar-refractivity contribution >= 4 is 5.97 Å². The van der Waals surface area contributed by atoms with Gasteiger partial charge in [0.25, 0.3) is 0 Å². The van der Waals surface area contributed by atoms with Crippen LogP contribution < -0.4 is 0 Å². The van der Waals surface area contributed by atoms with E-state index in [1.165, 1.54) is 13.3 Å². The van der Waals surface area contributed by atoms with E-state index in [4.69, 9.17) is 4.74 Å². The van der Waals surface area contributed by atoms with Gasteiger partial charge in [-0.1, -0.05) is 25.8 Å². The van der Waals surface area contributed by atoms with Gasteiger partial charge in [-0.15, -0.1) is 6.58 Å². The standard InChI is InChI=1S/C10H18O2/c1-4-6-7-10(5-2)8-12-9(3)11/h5,10H,2,4,6-8H2,1,3H3. The fourth-order valence-electron chi connectivity index (χ4n) is 0.960. The van der Waals surface area contributed by atoms with Gasteiger partial charge in [-0.3, -0.25) is 4.79 Å². The minimum Gasteiger partial charge on any atom is -0.465 e. The zero-order chi connectivity index (χ0) is 9.40. The molecule has 70 valence electrons. The predicted octanol–water partition coefficient (Wildman–Crippen LogP) is 2.54. The van der Waals surface area contributed by atoms with Gasteiger partial charge in [0.2, 0.25) is 0 Å². The highest BCUT2D eigenvalue weighted by atomic mass is 16.5. The second-order valence-electron chi connectivity index (χ2n) is 2.94. The number of esters is 1. The van der Waals surface area contributed by atoms with Gasteiger partial charge in [0.1, 0.15) is 0 Å². The first-order valence-electron chi connectivity index (χ1n) is 4.46. The van der Waals surface area contributed by atoms with Gasteiger partial charge in [-0.05, 0) is 6.42 Å². The molecule has 0 aliphatic rings. The fourth-order valence-corrected chi connectivity index (χ4v) is 0.960. The second kappa shape index (κ2) is 6.89. The van der Waals surface area contributed by atoms with E-state index in [-0.39, 0.29) is 5.97 Å². The molecule has 0 aromatic rings. The van der Waals surface area contributed by atoms with Crippen LogP contribution >= 0.6 is 0 Å². The summed E-state index contributed by atoms with van der Waals surface area (Å²) in [6.07, 6.45) is 5.26. The maximum absolute atomic E-state index is 10.5. The Morgan fingerprint density at radius 2 is 2.33 bits per heavy atom. The van der Waals surface area contributed by atoms with Crippen molar-refractivity contribution in [3.05, 3.63) is 12.7 Å². The molecule has 0 amide bonds. The molecule has 2 heteroatoms. The van der Waals surface area contributed by atoms with Gasteiger partial charge in [0, 0.05) is 12.8 Å². The Balaban J connectivity index is 3.52.